The van der Waals surface area contributed by atoms with Crippen LogP contribution in [0.1, 0.15) is 35.7 Å². The molecule has 0 aliphatic carbocycles. The number of halogens is 2. The van der Waals surface area contributed by atoms with Crippen molar-refractivity contribution in [1.29, 1.82) is 0 Å². The Balaban J connectivity index is 1.23. The summed E-state index contributed by atoms with van der Waals surface area (Å²) >= 11 is 12.0. The highest BCUT2D eigenvalue weighted by atomic mass is 35.5. The van der Waals surface area contributed by atoms with E-state index in [0.717, 1.165) is 56.5 Å². The summed E-state index contributed by atoms with van der Waals surface area (Å²) in [6, 6.07) is 13.2. The number of carbonyl (C=O) groups is 1. The van der Waals surface area contributed by atoms with Crippen LogP contribution in [0, 0.1) is 0 Å². The number of rotatable bonds is 3. The van der Waals surface area contributed by atoms with Crippen LogP contribution in [0.15, 0.2) is 47.3 Å². The van der Waals surface area contributed by atoms with Crippen molar-refractivity contribution < 1.29 is 4.79 Å². The number of imidazole rings is 1. The van der Waals surface area contributed by atoms with Gasteiger partial charge in [-0.15, -0.1) is 0 Å². The van der Waals surface area contributed by atoms with Gasteiger partial charge in [0.15, 0.2) is 0 Å². The molecule has 1 atom stereocenters. The van der Waals surface area contributed by atoms with Crippen LogP contribution in [0.25, 0.3) is 11.0 Å². The Labute approximate surface area is 190 Å². The largest absolute Gasteiger partial charge is 0.337 e. The second-order valence-corrected chi connectivity index (χ2v) is 9.30. The zero-order chi connectivity index (χ0) is 21.5. The highest BCUT2D eigenvalue weighted by Gasteiger charge is 2.33. The molecule has 0 saturated carbocycles. The van der Waals surface area contributed by atoms with Gasteiger partial charge < -0.3 is 9.88 Å². The Hall–Kier alpha value is -2.28. The third-order valence-corrected chi connectivity index (χ3v) is 7.09. The van der Waals surface area contributed by atoms with Crippen molar-refractivity contribution in [3.05, 3.63) is 68.6 Å². The molecule has 0 spiro atoms. The minimum atomic E-state index is -0.0729. The van der Waals surface area contributed by atoms with Crippen LogP contribution in [0.4, 0.5) is 0 Å². The second kappa shape index (κ2) is 8.34. The molecule has 3 aromatic rings. The Bertz CT molecular complexity index is 1160. The summed E-state index contributed by atoms with van der Waals surface area (Å²) < 4.78 is 1.88. The molecule has 1 N–H and O–H groups in total. The van der Waals surface area contributed by atoms with E-state index < -0.39 is 0 Å². The van der Waals surface area contributed by atoms with Crippen LogP contribution in [0.3, 0.4) is 0 Å². The van der Waals surface area contributed by atoms with Gasteiger partial charge in [0.05, 0.1) is 11.0 Å². The smallest absolute Gasteiger partial charge is 0.326 e. The number of fused-ring (bicyclic) bond motifs is 1. The van der Waals surface area contributed by atoms with Gasteiger partial charge in [-0.2, -0.15) is 0 Å². The Morgan fingerprint density at radius 2 is 1.58 bits per heavy atom. The molecule has 2 aromatic carbocycles. The van der Waals surface area contributed by atoms with E-state index in [1.165, 1.54) is 0 Å². The monoisotopic (exact) mass is 458 g/mol. The van der Waals surface area contributed by atoms with Crippen LogP contribution in [-0.4, -0.2) is 57.5 Å². The van der Waals surface area contributed by atoms with Crippen molar-refractivity contribution in [2.24, 2.45) is 0 Å². The van der Waals surface area contributed by atoms with E-state index in [1.807, 2.05) is 21.6 Å². The van der Waals surface area contributed by atoms with Crippen LogP contribution >= 0.6 is 23.2 Å². The number of nitrogens with zero attached hydrogens (tertiary/aromatic N) is 3. The molecule has 1 unspecified atom stereocenters. The lowest BCUT2D eigenvalue weighted by molar-refractivity contribution is 0.0765. The van der Waals surface area contributed by atoms with Crippen molar-refractivity contribution in [1.82, 2.24) is 19.4 Å². The maximum Gasteiger partial charge on any atom is 0.326 e. The second-order valence-electron chi connectivity index (χ2n) is 8.43. The first-order chi connectivity index (χ1) is 15.0. The number of hydrogen-bond acceptors (Lipinski definition) is 3. The van der Waals surface area contributed by atoms with Gasteiger partial charge >= 0.3 is 5.69 Å². The van der Waals surface area contributed by atoms with Crippen molar-refractivity contribution in [2.45, 2.75) is 31.3 Å². The Morgan fingerprint density at radius 3 is 2.32 bits per heavy atom. The van der Waals surface area contributed by atoms with Gasteiger partial charge in [0.2, 0.25) is 0 Å². The molecule has 1 amide bonds. The zero-order valence-corrected chi connectivity index (χ0v) is 18.6. The van der Waals surface area contributed by atoms with E-state index in [-0.39, 0.29) is 17.6 Å². The molecule has 0 radical (unpaired) electrons. The number of nitrogens with one attached hydrogen (secondary N) is 1. The molecule has 0 bridgehead atoms. The van der Waals surface area contributed by atoms with Gasteiger partial charge in [-0.05, 0) is 61.7 Å². The fraction of sp³-hybridized carbons (Fsp3) is 0.391. The van der Waals surface area contributed by atoms with Crippen molar-refractivity contribution in [2.75, 3.05) is 26.2 Å². The number of piperidine rings is 1. The fourth-order valence-corrected chi connectivity index (χ4v) is 5.27. The summed E-state index contributed by atoms with van der Waals surface area (Å²) in [7, 11) is 0. The number of hydrogen-bond donors (Lipinski definition) is 1. The van der Waals surface area contributed by atoms with E-state index in [4.69, 9.17) is 23.2 Å². The molecule has 8 heteroatoms. The van der Waals surface area contributed by atoms with Crippen LogP contribution in [-0.2, 0) is 0 Å². The van der Waals surface area contributed by atoms with Gasteiger partial charge in [-0.25, -0.2) is 4.79 Å². The van der Waals surface area contributed by atoms with E-state index in [9.17, 15) is 9.59 Å². The average Bonchev–Trinajstić information content (AvgIpc) is 3.38. The van der Waals surface area contributed by atoms with Gasteiger partial charge in [0.1, 0.15) is 0 Å². The Morgan fingerprint density at radius 1 is 0.903 bits per heavy atom. The molecule has 2 aliphatic rings. The van der Waals surface area contributed by atoms with Gasteiger partial charge in [-0.3, -0.25) is 14.3 Å². The quantitative estimate of drug-likeness (QED) is 0.639. The standard InChI is InChI=1S/C23H24Cl2N4O2/c24-16-3-1-15(2-4-16)22(30)28-12-9-19(14-28)27-10-7-18(8-11-27)29-21-6-5-17(25)13-20(21)26-23(29)31/h1-6,13,18-19H,7-12,14H2,(H,26,31). The molecule has 2 fully saturated rings. The number of aromatic nitrogens is 2. The SMILES string of the molecule is O=C(c1ccc(Cl)cc1)N1CCC(N2CCC(n3c(=O)[nH]c4cc(Cl)ccc43)CC2)C1. The van der Waals surface area contributed by atoms with Gasteiger partial charge in [-0.1, -0.05) is 23.2 Å². The molecular weight excluding hydrogens is 435 g/mol. The predicted molar refractivity (Wildman–Crippen MR) is 123 cm³/mol. The third kappa shape index (κ3) is 4.00. The first-order valence-corrected chi connectivity index (χ1v) is 11.4. The number of carbonyl (C=O) groups excluding carboxylic acids is 1. The first kappa shape index (κ1) is 20.6. The van der Waals surface area contributed by atoms with Crippen molar-refractivity contribution >= 4 is 40.1 Å². The van der Waals surface area contributed by atoms with Crippen LogP contribution in [0.2, 0.25) is 10.0 Å². The number of likely N-dealkylation sites (tertiary alicyclic amines) is 2. The van der Waals surface area contributed by atoms with Gasteiger partial charge in [0, 0.05) is 53.9 Å². The molecule has 2 aliphatic heterocycles. The highest BCUT2D eigenvalue weighted by molar-refractivity contribution is 6.31. The zero-order valence-electron chi connectivity index (χ0n) is 17.1. The Kier molecular flexibility index (Phi) is 5.54. The summed E-state index contributed by atoms with van der Waals surface area (Å²) in [6.07, 6.45) is 2.81. The number of benzene rings is 2. The predicted octanol–water partition coefficient (Wildman–Crippen LogP) is 4.19. The third-order valence-electron chi connectivity index (χ3n) is 6.60. The highest BCUT2D eigenvalue weighted by Crippen LogP contribution is 2.29. The van der Waals surface area contributed by atoms with Gasteiger partial charge in [0.25, 0.3) is 5.91 Å². The van der Waals surface area contributed by atoms with E-state index in [2.05, 4.69) is 9.88 Å². The number of amides is 1. The minimum absolute atomic E-state index is 0.0676. The molecule has 162 valence electrons. The average molecular weight is 459 g/mol. The van der Waals surface area contributed by atoms with Crippen molar-refractivity contribution in [3.63, 3.8) is 0 Å². The topological polar surface area (TPSA) is 61.3 Å². The normalized spacial score (nSPS) is 20.6. The summed E-state index contributed by atoms with van der Waals surface area (Å²) in [4.78, 5) is 32.7. The maximum atomic E-state index is 12.8. The molecule has 5 rings (SSSR count). The van der Waals surface area contributed by atoms with Crippen LogP contribution < -0.4 is 5.69 Å². The molecule has 2 saturated heterocycles. The van der Waals surface area contributed by atoms with E-state index in [0.29, 0.717) is 21.7 Å². The lowest BCUT2D eigenvalue weighted by Crippen LogP contribution is -2.44. The maximum absolute atomic E-state index is 12.8. The van der Waals surface area contributed by atoms with Crippen LogP contribution in [0.5, 0.6) is 0 Å². The summed E-state index contributed by atoms with van der Waals surface area (Å²) in [5.41, 5.74) is 2.31. The molecule has 3 heterocycles. The van der Waals surface area contributed by atoms with E-state index in [1.54, 1.807) is 30.3 Å². The fourth-order valence-electron chi connectivity index (χ4n) is 4.97. The summed E-state index contributed by atoms with van der Waals surface area (Å²) in [5, 5.41) is 1.26. The number of H-pyrrole nitrogens is 1. The molecule has 6 nitrogen and oxygen atoms in total. The minimum Gasteiger partial charge on any atom is -0.337 e. The lowest BCUT2D eigenvalue weighted by Gasteiger charge is -2.36. The molecule has 31 heavy (non-hydrogen) atoms. The summed E-state index contributed by atoms with van der Waals surface area (Å²) in [5.74, 6) is 0.0676. The van der Waals surface area contributed by atoms with Crippen molar-refractivity contribution in [3.8, 4) is 0 Å². The molecular formula is C23H24Cl2N4O2. The first-order valence-electron chi connectivity index (χ1n) is 10.7. The molecule has 1 aromatic heterocycles. The lowest BCUT2D eigenvalue weighted by atomic mass is 10.0. The van der Waals surface area contributed by atoms with E-state index >= 15 is 0 Å². The number of aromatic amines is 1. The summed E-state index contributed by atoms with van der Waals surface area (Å²) in [6.45, 7) is 3.36.